The van der Waals surface area contributed by atoms with Crippen LogP contribution in [0.15, 0.2) is 67.1 Å². The fourth-order valence-corrected chi connectivity index (χ4v) is 5.66. The van der Waals surface area contributed by atoms with Gasteiger partial charge in [-0.15, -0.1) is 0 Å². The van der Waals surface area contributed by atoms with Crippen LogP contribution in [-0.2, 0) is 39.7 Å². The smallest absolute Gasteiger partial charge is 0.245 e. The summed E-state index contributed by atoms with van der Waals surface area (Å²) in [6.45, 7) is 2.87. The lowest BCUT2D eigenvalue weighted by Gasteiger charge is -2.42. The number of imidazole rings is 1. The molecule has 0 bridgehead atoms. The van der Waals surface area contributed by atoms with Crippen molar-refractivity contribution in [2.75, 3.05) is 20.2 Å². The largest absolute Gasteiger partial charge is 0.497 e. The quantitative estimate of drug-likeness (QED) is 0.352. The number of benzene rings is 2. The van der Waals surface area contributed by atoms with Gasteiger partial charge in [-0.2, -0.15) is 0 Å². The Morgan fingerprint density at radius 3 is 2.32 bits per heavy atom. The van der Waals surface area contributed by atoms with Gasteiger partial charge in [0.05, 0.1) is 24.9 Å². The van der Waals surface area contributed by atoms with Gasteiger partial charge in [-0.3, -0.25) is 14.4 Å². The third-order valence-electron chi connectivity index (χ3n) is 8.16. The van der Waals surface area contributed by atoms with Crippen molar-refractivity contribution in [3.05, 3.63) is 83.9 Å². The van der Waals surface area contributed by atoms with E-state index in [2.05, 4.69) is 10.3 Å². The molecule has 9 nitrogen and oxygen atoms in total. The Hall–Kier alpha value is -3.98. The van der Waals surface area contributed by atoms with Gasteiger partial charge in [-0.05, 0) is 42.5 Å². The van der Waals surface area contributed by atoms with E-state index >= 15 is 0 Å². The van der Waals surface area contributed by atoms with Gasteiger partial charge in [-0.1, -0.05) is 49.4 Å². The van der Waals surface area contributed by atoms with Crippen molar-refractivity contribution in [2.45, 2.75) is 62.9 Å². The first-order valence-electron chi connectivity index (χ1n) is 14.3. The van der Waals surface area contributed by atoms with Crippen molar-refractivity contribution < 1.29 is 19.1 Å². The lowest BCUT2D eigenvalue weighted by atomic mass is 9.68. The van der Waals surface area contributed by atoms with E-state index in [0.717, 1.165) is 23.2 Å². The number of nitrogens with zero attached hydrogens (tertiary/aromatic N) is 3. The van der Waals surface area contributed by atoms with Crippen LogP contribution in [-0.4, -0.2) is 64.3 Å². The Balaban J connectivity index is 1.52. The Morgan fingerprint density at radius 1 is 1.05 bits per heavy atom. The average molecular weight is 560 g/mol. The van der Waals surface area contributed by atoms with E-state index in [1.165, 1.54) is 0 Å². The first-order chi connectivity index (χ1) is 19.8. The number of likely N-dealkylation sites (tertiary alicyclic amines) is 1. The van der Waals surface area contributed by atoms with E-state index in [-0.39, 0.29) is 11.7 Å². The standard InChI is InChI=1S/C32H41N5O4/c1-4-8-29(38)32(24-9-6-5-7-10-24)15-17-37(18-16-32)31(40)28(19-23-11-13-26(41-3)14-12-23)35-30(39)27(33)20-25-21-34-22-36(25)2/h5-7,9-14,21-22,27-28H,4,8,15-20,33H2,1-3H3,(H,35,39)/t27-,28-/m1/s1. The zero-order chi connectivity index (χ0) is 29.4. The van der Waals surface area contributed by atoms with Crippen LogP contribution in [0.4, 0.5) is 0 Å². The van der Waals surface area contributed by atoms with Crippen LogP contribution in [0, 0.1) is 0 Å². The van der Waals surface area contributed by atoms with E-state index in [0.29, 0.717) is 50.9 Å². The summed E-state index contributed by atoms with van der Waals surface area (Å²) in [6.07, 6.45) is 6.33. The van der Waals surface area contributed by atoms with Gasteiger partial charge in [0, 0.05) is 51.3 Å². The summed E-state index contributed by atoms with van der Waals surface area (Å²) in [5, 5.41) is 2.94. The number of aromatic nitrogens is 2. The predicted octanol–water partition coefficient (Wildman–Crippen LogP) is 2.96. The summed E-state index contributed by atoms with van der Waals surface area (Å²) in [7, 11) is 3.45. The fourth-order valence-electron chi connectivity index (χ4n) is 5.66. The minimum Gasteiger partial charge on any atom is -0.497 e. The molecule has 9 heteroatoms. The van der Waals surface area contributed by atoms with Crippen LogP contribution in [0.25, 0.3) is 0 Å². The zero-order valence-electron chi connectivity index (χ0n) is 24.2. The number of rotatable bonds is 12. The molecule has 4 rings (SSSR count). The number of aryl methyl sites for hydroxylation is 1. The van der Waals surface area contributed by atoms with Crippen LogP contribution in [0.5, 0.6) is 5.75 Å². The monoisotopic (exact) mass is 559 g/mol. The van der Waals surface area contributed by atoms with Gasteiger partial charge in [0.15, 0.2) is 0 Å². The normalized spacial score (nSPS) is 16.0. The number of methoxy groups -OCH3 is 1. The summed E-state index contributed by atoms with van der Waals surface area (Å²) in [5.41, 5.74) is 8.39. The number of hydrogen-bond donors (Lipinski definition) is 2. The van der Waals surface area contributed by atoms with Crippen LogP contribution < -0.4 is 15.8 Å². The molecule has 0 spiro atoms. The van der Waals surface area contributed by atoms with Gasteiger partial charge < -0.3 is 25.3 Å². The molecule has 2 amide bonds. The van der Waals surface area contributed by atoms with Crippen molar-refractivity contribution in [3.8, 4) is 5.75 Å². The number of carbonyl (C=O) groups is 3. The summed E-state index contributed by atoms with van der Waals surface area (Å²) in [6, 6.07) is 15.7. The molecule has 1 fully saturated rings. The van der Waals surface area contributed by atoms with E-state index in [9.17, 15) is 14.4 Å². The zero-order valence-corrected chi connectivity index (χ0v) is 24.2. The molecule has 218 valence electrons. The molecule has 1 aromatic heterocycles. The minimum absolute atomic E-state index is 0.175. The van der Waals surface area contributed by atoms with Crippen molar-refractivity contribution in [2.24, 2.45) is 12.8 Å². The molecule has 2 atom stereocenters. The molecular formula is C32H41N5O4. The van der Waals surface area contributed by atoms with Crippen LogP contribution in [0.1, 0.15) is 49.4 Å². The highest BCUT2D eigenvalue weighted by Crippen LogP contribution is 2.38. The van der Waals surface area contributed by atoms with Crippen LogP contribution in [0.3, 0.4) is 0 Å². The third kappa shape index (κ3) is 7.03. The molecule has 2 heterocycles. The van der Waals surface area contributed by atoms with Crippen molar-refractivity contribution in [1.82, 2.24) is 19.8 Å². The van der Waals surface area contributed by atoms with Crippen molar-refractivity contribution in [3.63, 3.8) is 0 Å². The summed E-state index contributed by atoms with van der Waals surface area (Å²) in [5.74, 6) is 0.366. The minimum atomic E-state index is -0.838. The molecule has 3 aromatic rings. The van der Waals surface area contributed by atoms with E-state index in [4.69, 9.17) is 10.5 Å². The molecule has 3 N–H and O–H groups in total. The van der Waals surface area contributed by atoms with Gasteiger partial charge in [0.1, 0.15) is 17.6 Å². The van der Waals surface area contributed by atoms with Gasteiger partial charge in [-0.25, -0.2) is 4.98 Å². The average Bonchev–Trinajstić information content (AvgIpc) is 3.41. The lowest BCUT2D eigenvalue weighted by molar-refractivity contribution is -0.139. The highest BCUT2D eigenvalue weighted by atomic mass is 16.5. The van der Waals surface area contributed by atoms with Crippen molar-refractivity contribution >= 4 is 17.6 Å². The second-order valence-electron chi connectivity index (χ2n) is 10.9. The van der Waals surface area contributed by atoms with Gasteiger partial charge >= 0.3 is 0 Å². The van der Waals surface area contributed by atoms with E-state index < -0.39 is 23.4 Å². The molecule has 0 aliphatic carbocycles. The number of nitrogens with two attached hydrogens (primary N) is 1. The maximum absolute atomic E-state index is 13.9. The predicted molar refractivity (Wildman–Crippen MR) is 157 cm³/mol. The summed E-state index contributed by atoms with van der Waals surface area (Å²) in [4.78, 5) is 46.4. The molecule has 1 saturated heterocycles. The second kappa shape index (κ2) is 13.6. The summed E-state index contributed by atoms with van der Waals surface area (Å²) < 4.78 is 7.09. The third-order valence-corrected chi connectivity index (χ3v) is 8.16. The fraction of sp³-hybridized carbons (Fsp3) is 0.438. The Kier molecular flexibility index (Phi) is 9.94. The Labute approximate surface area is 242 Å². The number of piperidine rings is 1. The van der Waals surface area contributed by atoms with E-state index in [1.54, 1.807) is 24.5 Å². The highest BCUT2D eigenvalue weighted by Gasteiger charge is 2.43. The maximum atomic E-state index is 13.9. The Bertz CT molecular complexity index is 1310. The number of amides is 2. The molecule has 0 saturated carbocycles. The molecule has 1 aliphatic rings. The molecule has 0 radical (unpaired) electrons. The van der Waals surface area contributed by atoms with Gasteiger partial charge in [0.2, 0.25) is 11.8 Å². The van der Waals surface area contributed by atoms with Gasteiger partial charge in [0.25, 0.3) is 0 Å². The number of ketones is 1. The maximum Gasteiger partial charge on any atom is 0.245 e. The number of ether oxygens (including phenoxy) is 1. The summed E-state index contributed by atoms with van der Waals surface area (Å²) >= 11 is 0. The van der Waals surface area contributed by atoms with Crippen LogP contribution in [0.2, 0.25) is 0 Å². The molecule has 41 heavy (non-hydrogen) atoms. The van der Waals surface area contributed by atoms with E-state index in [1.807, 2.05) is 73.1 Å². The number of hydrogen-bond acceptors (Lipinski definition) is 6. The molecule has 2 aromatic carbocycles. The molecule has 0 unspecified atom stereocenters. The Morgan fingerprint density at radius 2 is 1.73 bits per heavy atom. The second-order valence-corrected chi connectivity index (χ2v) is 10.9. The van der Waals surface area contributed by atoms with Crippen LogP contribution >= 0.6 is 0 Å². The first kappa shape index (κ1) is 30.0. The number of Topliss-reactive ketones (excluding diaryl/α,β-unsaturated/α-hetero) is 1. The molecule has 1 aliphatic heterocycles. The first-order valence-corrected chi connectivity index (χ1v) is 14.3. The topological polar surface area (TPSA) is 120 Å². The number of nitrogens with one attached hydrogen (secondary N) is 1. The molecular weight excluding hydrogens is 518 g/mol. The van der Waals surface area contributed by atoms with Crippen molar-refractivity contribution in [1.29, 1.82) is 0 Å². The number of carbonyl (C=O) groups excluding carboxylic acids is 3. The highest BCUT2D eigenvalue weighted by molar-refractivity contribution is 5.92. The lowest BCUT2D eigenvalue weighted by Crippen LogP contribution is -2.57. The SMILES string of the molecule is CCCC(=O)C1(c2ccccc2)CCN(C(=O)[C@@H](Cc2ccc(OC)cc2)NC(=O)[C@H](N)Cc2cncn2C)CC1.